The maximum Gasteiger partial charge on any atom is 0.126 e. The molecule has 0 amide bonds. The molecule has 25 heavy (non-hydrogen) atoms. The number of halogens is 1. The van der Waals surface area contributed by atoms with E-state index in [2.05, 4.69) is 48.5 Å². The highest BCUT2D eigenvalue weighted by Gasteiger charge is 2.14. The molecule has 0 atom stereocenters. The Morgan fingerprint density at radius 2 is 1.16 bits per heavy atom. The maximum atomic E-state index is 6.49. The van der Waals surface area contributed by atoms with Crippen LogP contribution in [0.2, 0.25) is 5.02 Å². The topological polar surface area (TPSA) is 9.23 Å². The largest absolute Gasteiger partial charge is 0.496 e. The summed E-state index contributed by atoms with van der Waals surface area (Å²) in [6.45, 7) is 0. The molecule has 0 N–H and O–H groups in total. The summed E-state index contributed by atoms with van der Waals surface area (Å²) in [7, 11) is 1.71. The quantitative estimate of drug-likeness (QED) is 0.395. The number of rotatable bonds is 3. The molecule has 0 saturated carbocycles. The molecular weight excluding hydrogens is 328 g/mol. The Hall–Kier alpha value is -2.77. The van der Waals surface area contributed by atoms with Crippen molar-refractivity contribution in [2.24, 2.45) is 0 Å². The van der Waals surface area contributed by atoms with Gasteiger partial charge >= 0.3 is 0 Å². The van der Waals surface area contributed by atoms with E-state index in [-0.39, 0.29) is 0 Å². The van der Waals surface area contributed by atoms with Crippen molar-refractivity contribution < 1.29 is 4.74 Å². The van der Waals surface area contributed by atoms with Gasteiger partial charge in [0, 0.05) is 16.1 Å². The molecule has 4 aromatic carbocycles. The fraction of sp³-hybridized carbons (Fsp3) is 0.0435. The van der Waals surface area contributed by atoms with E-state index in [1.165, 1.54) is 10.8 Å². The lowest BCUT2D eigenvalue weighted by molar-refractivity contribution is 0.416. The van der Waals surface area contributed by atoms with Crippen LogP contribution in [0, 0.1) is 0 Å². The molecule has 0 aliphatic carbocycles. The lowest BCUT2D eigenvalue weighted by atomic mass is 9.91. The van der Waals surface area contributed by atoms with Crippen LogP contribution in [0.3, 0.4) is 0 Å². The van der Waals surface area contributed by atoms with Gasteiger partial charge in [-0.3, -0.25) is 0 Å². The van der Waals surface area contributed by atoms with Crippen molar-refractivity contribution in [2.45, 2.75) is 0 Å². The molecule has 0 heterocycles. The van der Waals surface area contributed by atoms with E-state index in [1.807, 2.05) is 36.4 Å². The van der Waals surface area contributed by atoms with Gasteiger partial charge in [0.25, 0.3) is 0 Å². The van der Waals surface area contributed by atoms with Crippen molar-refractivity contribution in [2.75, 3.05) is 7.11 Å². The van der Waals surface area contributed by atoms with Crippen molar-refractivity contribution in [3.63, 3.8) is 0 Å². The predicted molar refractivity (Wildman–Crippen MR) is 106 cm³/mol. The summed E-state index contributed by atoms with van der Waals surface area (Å²) in [5.74, 6) is 0.865. The minimum Gasteiger partial charge on any atom is -0.496 e. The van der Waals surface area contributed by atoms with Crippen LogP contribution in [0.15, 0.2) is 84.9 Å². The summed E-state index contributed by atoms with van der Waals surface area (Å²) in [4.78, 5) is 0. The first kappa shape index (κ1) is 15.7. The number of para-hydroxylation sites is 1. The van der Waals surface area contributed by atoms with Crippen LogP contribution in [-0.2, 0) is 0 Å². The number of ether oxygens (including phenoxy) is 1. The Labute approximate surface area is 152 Å². The highest BCUT2D eigenvalue weighted by molar-refractivity contribution is 6.34. The minimum atomic E-state index is 0.754. The van der Waals surface area contributed by atoms with E-state index in [0.29, 0.717) is 0 Å². The van der Waals surface area contributed by atoms with E-state index in [4.69, 9.17) is 16.3 Å². The monoisotopic (exact) mass is 344 g/mol. The van der Waals surface area contributed by atoms with Crippen molar-refractivity contribution in [3.8, 4) is 28.0 Å². The molecule has 0 fully saturated rings. The summed E-state index contributed by atoms with van der Waals surface area (Å²) < 4.78 is 5.59. The van der Waals surface area contributed by atoms with Gasteiger partial charge in [-0.15, -0.1) is 0 Å². The van der Waals surface area contributed by atoms with Gasteiger partial charge in [0.2, 0.25) is 0 Å². The molecule has 0 unspecified atom stereocenters. The van der Waals surface area contributed by atoms with Crippen molar-refractivity contribution >= 4 is 22.4 Å². The SMILES string of the molecule is COc1ccccc1-c1cccc2cccc(-c3ccccc3Cl)c12. The molecule has 0 bridgehead atoms. The zero-order valence-electron chi connectivity index (χ0n) is 13.9. The third-order valence-electron chi connectivity index (χ3n) is 4.47. The minimum absolute atomic E-state index is 0.754. The summed E-state index contributed by atoms with van der Waals surface area (Å²) in [6, 6.07) is 28.8. The molecule has 122 valence electrons. The Morgan fingerprint density at radius 1 is 0.600 bits per heavy atom. The summed E-state index contributed by atoms with van der Waals surface area (Å²) >= 11 is 6.49. The molecule has 0 aliphatic heterocycles. The highest BCUT2D eigenvalue weighted by Crippen LogP contribution is 2.41. The number of hydrogen-bond donors (Lipinski definition) is 0. The summed E-state index contributed by atoms with van der Waals surface area (Å²) in [6.07, 6.45) is 0. The molecule has 2 heteroatoms. The molecule has 4 aromatic rings. The van der Waals surface area contributed by atoms with Gasteiger partial charge in [0.15, 0.2) is 0 Å². The van der Waals surface area contributed by atoms with E-state index < -0.39 is 0 Å². The van der Waals surface area contributed by atoms with Gasteiger partial charge in [-0.25, -0.2) is 0 Å². The molecule has 0 aromatic heterocycles. The molecule has 0 saturated heterocycles. The van der Waals surface area contributed by atoms with E-state index >= 15 is 0 Å². The standard InChI is InChI=1S/C23H17ClO/c1-25-22-15-5-3-11-18(22)20-13-7-9-16-8-6-12-19(23(16)20)17-10-2-4-14-21(17)24/h2-15H,1H3. The van der Waals surface area contributed by atoms with Gasteiger partial charge in [-0.1, -0.05) is 84.4 Å². The van der Waals surface area contributed by atoms with Gasteiger partial charge in [-0.2, -0.15) is 0 Å². The van der Waals surface area contributed by atoms with Gasteiger partial charge in [-0.05, 0) is 34.0 Å². The normalized spacial score (nSPS) is 10.8. The van der Waals surface area contributed by atoms with Gasteiger partial charge < -0.3 is 4.74 Å². The average molecular weight is 345 g/mol. The van der Waals surface area contributed by atoms with E-state index in [0.717, 1.165) is 33.0 Å². The number of methoxy groups -OCH3 is 1. The number of fused-ring (bicyclic) bond motifs is 1. The van der Waals surface area contributed by atoms with Crippen LogP contribution >= 0.6 is 11.6 Å². The lowest BCUT2D eigenvalue weighted by Gasteiger charge is -2.15. The second-order valence-corrected chi connectivity index (χ2v) is 6.30. The predicted octanol–water partition coefficient (Wildman–Crippen LogP) is 6.84. The Bertz CT molecular complexity index is 1050. The first-order chi connectivity index (χ1) is 12.3. The lowest BCUT2D eigenvalue weighted by Crippen LogP contribution is -1.90. The zero-order valence-corrected chi connectivity index (χ0v) is 14.6. The molecule has 0 radical (unpaired) electrons. The highest BCUT2D eigenvalue weighted by atomic mass is 35.5. The Kier molecular flexibility index (Phi) is 4.17. The van der Waals surface area contributed by atoms with Crippen molar-refractivity contribution in [3.05, 3.63) is 90.0 Å². The van der Waals surface area contributed by atoms with Crippen LogP contribution in [0.1, 0.15) is 0 Å². The average Bonchev–Trinajstić information content (AvgIpc) is 2.67. The number of hydrogen-bond acceptors (Lipinski definition) is 1. The van der Waals surface area contributed by atoms with Crippen LogP contribution < -0.4 is 4.74 Å². The summed E-state index contributed by atoms with van der Waals surface area (Å²) in [5.41, 5.74) is 4.39. The molecular formula is C23H17ClO. The van der Waals surface area contributed by atoms with Crippen LogP contribution in [0.25, 0.3) is 33.0 Å². The van der Waals surface area contributed by atoms with Crippen LogP contribution in [0.5, 0.6) is 5.75 Å². The molecule has 0 aliphatic rings. The fourth-order valence-corrected chi connectivity index (χ4v) is 3.57. The third kappa shape index (κ3) is 2.77. The molecule has 4 rings (SSSR count). The Balaban J connectivity index is 2.09. The molecule has 0 spiro atoms. The maximum absolute atomic E-state index is 6.49. The fourth-order valence-electron chi connectivity index (χ4n) is 3.34. The molecule has 1 nitrogen and oxygen atoms in total. The van der Waals surface area contributed by atoms with Gasteiger partial charge in [0.05, 0.1) is 7.11 Å². The zero-order chi connectivity index (χ0) is 17.2. The van der Waals surface area contributed by atoms with Crippen molar-refractivity contribution in [1.29, 1.82) is 0 Å². The third-order valence-corrected chi connectivity index (χ3v) is 4.80. The van der Waals surface area contributed by atoms with E-state index in [1.54, 1.807) is 7.11 Å². The van der Waals surface area contributed by atoms with Crippen LogP contribution in [-0.4, -0.2) is 7.11 Å². The first-order valence-electron chi connectivity index (χ1n) is 8.19. The number of benzene rings is 4. The van der Waals surface area contributed by atoms with Crippen LogP contribution in [0.4, 0.5) is 0 Å². The van der Waals surface area contributed by atoms with Gasteiger partial charge in [0.1, 0.15) is 5.75 Å². The Morgan fingerprint density at radius 3 is 1.84 bits per heavy atom. The first-order valence-corrected chi connectivity index (χ1v) is 8.57. The second-order valence-electron chi connectivity index (χ2n) is 5.89. The second kappa shape index (κ2) is 6.62. The van der Waals surface area contributed by atoms with Crippen molar-refractivity contribution in [1.82, 2.24) is 0 Å². The summed E-state index contributed by atoms with van der Waals surface area (Å²) in [5, 5.41) is 3.12. The smallest absolute Gasteiger partial charge is 0.126 e. The van der Waals surface area contributed by atoms with E-state index in [9.17, 15) is 0 Å².